The standard InChI is InChI=1S/C22H20N2O3S/c23-19(25)13-24(12-15-6-2-1-3-7-15)18-9-5-4-8-17(18)21(26)20(22(24)27)16-10-11-28-14-16/h1-9,14H,10-13H2,(H2-,23,25,26,27)/p+1. The zero-order chi connectivity index (χ0) is 19.7. The first-order valence-corrected chi connectivity index (χ1v) is 10.2. The summed E-state index contributed by atoms with van der Waals surface area (Å²) in [5.41, 5.74) is 8.83. The number of aliphatic hydroxyl groups is 1. The van der Waals surface area contributed by atoms with Crippen molar-refractivity contribution in [3.8, 4) is 0 Å². The third kappa shape index (κ3) is 3.04. The van der Waals surface area contributed by atoms with Crippen LogP contribution in [-0.4, -0.2) is 29.2 Å². The van der Waals surface area contributed by atoms with E-state index in [1.807, 2.05) is 47.9 Å². The summed E-state index contributed by atoms with van der Waals surface area (Å²) in [6.07, 6.45) is 0.708. The molecular formula is C22H21N2O3S+. The van der Waals surface area contributed by atoms with Gasteiger partial charge in [0, 0.05) is 17.4 Å². The summed E-state index contributed by atoms with van der Waals surface area (Å²) in [4.78, 5) is 25.9. The highest BCUT2D eigenvalue weighted by atomic mass is 32.2. The van der Waals surface area contributed by atoms with Gasteiger partial charge in [0.2, 0.25) is 0 Å². The van der Waals surface area contributed by atoms with Crippen molar-refractivity contribution in [1.29, 1.82) is 0 Å². The Kier molecular flexibility index (Phi) is 4.83. The molecule has 2 aromatic carbocycles. The molecule has 4 rings (SSSR count). The van der Waals surface area contributed by atoms with Crippen LogP contribution >= 0.6 is 11.8 Å². The second kappa shape index (κ2) is 7.30. The number of amides is 2. The zero-order valence-corrected chi connectivity index (χ0v) is 16.1. The number of hydrogen-bond acceptors (Lipinski definition) is 4. The summed E-state index contributed by atoms with van der Waals surface area (Å²) >= 11 is 1.62. The predicted octanol–water partition coefficient (Wildman–Crippen LogP) is 3.51. The number of rotatable bonds is 5. The molecule has 2 amide bonds. The van der Waals surface area contributed by atoms with E-state index in [-0.39, 0.29) is 29.2 Å². The van der Waals surface area contributed by atoms with Gasteiger partial charge in [0.1, 0.15) is 17.9 Å². The number of quaternary nitrogens is 1. The molecule has 0 aliphatic carbocycles. The van der Waals surface area contributed by atoms with Crippen LogP contribution in [-0.2, 0) is 16.1 Å². The summed E-state index contributed by atoms with van der Waals surface area (Å²) in [5, 5.41) is 12.9. The Morgan fingerprint density at radius 1 is 1.11 bits per heavy atom. The van der Waals surface area contributed by atoms with Gasteiger partial charge in [-0.1, -0.05) is 42.5 Å². The molecule has 142 valence electrons. The minimum atomic E-state index is -0.561. The van der Waals surface area contributed by atoms with Crippen molar-refractivity contribution in [2.45, 2.75) is 13.0 Å². The van der Waals surface area contributed by atoms with Crippen molar-refractivity contribution >= 4 is 35.0 Å². The lowest BCUT2D eigenvalue weighted by Gasteiger charge is -2.39. The summed E-state index contributed by atoms with van der Waals surface area (Å²) in [7, 11) is 0. The number of aliphatic hydroxyl groups excluding tert-OH is 1. The van der Waals surface area contributed by atoms with Crippen molar-refractivity contribution < 1.29 is 14.7 Å². The van der Waals surface area contributed by atoms with Gasteiger partial charge in [-0.25, -0.2) is 9.28 Å². The molecule has 0 bridgehead atoms. The van der Waals surface area contributed by atoms with E-state index in [2.05, 4.69) is 0 Å². The van der Waals surface area contributed by atoms with Crippen LogP contribution in [0.1, 0.15) is 17.5 Å². The lowest BCUT2D eigenvalue weighted by atomic mass is 9.91. The van der Waals surface area contributed by atoms with Gasteiger partial charge in [-0.15, -0.1) is 11.8 Å². The number of carbonyl (C=O) groups is 2. The monoisotopic (exact) mass is 393 g/mol. The van der Waals surface area contributed by atoms with Gasteiger partial charge >= 0.3 is 5.91 Å². The highest BCUT2D eigenvalue weighted by Gasteiger charge is 2.50. The number of carbonyl (C=O) groups excluding carboxylic acids is 2. The third-order valence-electron chi connectivity index (χ3n) is 5.22. The van der Waals surface area contributed by atoms with Crippen molar-refractivity contribution in [2.24, 2.45) is 5.73 Å². The van der Waals surface area contributed by atoms with Crippen LogP contribution in [0.15, 0.2) is 71.2 Å². The number of nitrogens with two attached hydrogens (primary N) is 1. The van der Waals surface area contributed by atoms with Gasteiger partial charge in [0.25, 0.3) is 5.91 Å². The number of nitrogens with zero attached hydrogens (tertiary/aromatic N) is 1. The quantitative estimate of drug-likeness (QED) is 0.762. The highest BCUT2D eigenvalue weighted by molar-refractivity contribution is 8.02. The Labute approximate surface area is 167 Å². The van der Waals surface area contributed by atoms with Crippen molar-refractivity contribution in [2.75, 3.05) is 12.3 Å². The Hall–Kier alpha value is -2.83. The second-order valence-electron chi connectivity index (χ2n) is 7.05. The molecule has 2 aromatic rings. The molecule has 28 heavy (non-hydrogen) atoms. The lowest BCUT2D eigenvalue weighted by Crippen LogP contribution is -2.59. The molecule has 0 saturated carbocycles. The van der Waals surface area contributed by atoms with Crippen LogP contribution < -0.4 is 10.2 Å². The van der Waals surface area contributed by atoms with E-state index >= 15 is 0 Å². The molecule has 1 unspecified atom stereocenters. The normalized spacial score (nSPS) is 21.4. The molecule has 2 aliphatic heterocycles. The van der Waals surface area contributed by atoms with Gasteiger partial charge in [-0.3, -0.25) is 4.79 Å². The summed E-state index contributed by atoms with van der Waals surface area (Å²) in [6.45, 7) is 0.124. The van der Waals surface area contributed by atoms with Crippen LogP contribution in [0.2, 0.25) is 0 Å². The van der Waals surface area contributed by atoms with E-state index in [9.17, 15) is 14.7 Å². The molecule has 5 nitrogen and oxygen atoms in total. The van der Waals surface area contributed by atoms with Gasteiger partial charge in [-0.05, 0) is 23.5 Å². The fourth-order valence-corrected chi connectivity index (χ4v) is 4.89. The number of benzene rings is 2. The molecule has 2 heterocycles. The summed E-state index contributed by atoms with van der Waals surface area (Å²) in [5.74, 6) is 0.0121. The molecule has 0 aromatic heterocycles. The first kappa shape index (κ1) is 18.5. The Balaban J connectivity index is 1.96. The van der Waals surface area contributed by atoms with E-state index in [1.54, 1.807) is 23.9 Å². The molecule has 6 heteroatoms. The van der Waals surface area contributed by atoms with Crippen LogP contribution in [0.4, 0.5) is 5.69 Å². The molecule has 0 fully saturated rings. The maximum atomic E-state index is 13.8. The zero-order valence-electron chi connectivity index (χ0n) is 15.3. The van der Waals surface area contributed by atoms with Crippen LogP contribution in [0.3, 0.4) is 0 Å². The van der Waals surface area contributed by atoms with E-state index in [4.69, 9.17) is 5.73 Å². The first-order valence-electron chi connectivity index (χ1n) is 9.11. The number of hydrogen-bond donors (Lipinski definition) is 2. The minimum absolute atomic E-state index is 0.0133. The van der Waals surface area contributed by atoms with E-state index in [1.165, 1.54) is 0 Å². The van der Waals surface area contributed by atoms with Crippen molar-refractivity contribution in [3.63, 3.8) is 0 Å². The van der Waals surface area contributed by atoms with E-state index in [0.717, 1.165) is 16.9 Å². The molecule has 0 saturated heterocycles. The van der Waals surface area contributed by atoms with Crippen molar-refractivity contribution in [1.82, 2.24) is 4.48 Å². The number of para-hydroxylation sites is 1. The van der Waals surface area contributed by atoms with Crippen LogP contribution in [0, 0.1) is 0 Å². The highest BCUT2D eigenvalue weighted by Crippen LogP contribution is 2.44. The van der Waals surface area contributed by atoms with E-state index < -0.39 is 5.91 Å². The number of thioether (sulfide) groups is 1. The van der Waals surface area contributed by atoms with Crippen LogP contribution in [0.25, 0.3) is 5.76 Å². The van der Waals surface area contributed by atoms with Gasteiger partial charge in [0.05, 0.1) is 5.56 Å². The molecule has 0 radical (unpaired) electrons. The smallest absolute Gasteiger partial charge is 0.355 e. The predicted molar refractivity (Wildman–Crippen MR) is 112 cm³/mol. The Morgan fingerprint density at radius 2 is 1.82 bits per heavy atom. The largest absolute Gasteiger partial charge is 0.506 e. The Bertz CT molecular complexity index is 1010. The average molecular weight is 393 g/mol. The molecule has 2 aliphatic rings. The maximum absolute atomic E-state index is 13.8. The second-order valence-corrected chi connectivity index (χ2v) is 8.02. The third-order valence-corrected chi connectivity index (χ3v) is 6.11. The molecule has 0 spiro atoms. The van der Waals surface area contributed by atoms with Gasteiger partial charge in [-0.2, -0.15) is 0 Å². The van der Waals surface area contributed by atoms with E-state index in [0.29, 0.717) is 23.2 Å². The fraction of sp³-hybridized carbons (Fsp3) is 0.182. The first-order chi connectivity index (χ1) is 13.5. The maximum Gasteiger partial charge on any atom is 0.355 e. The molecule has 1 atom stereocenters. The van der Waals surface area contributed by atoms with Gasteiger partial charge < -0.3 is 10.8 Å². The Morgan fingerprint density at radius 3 is 2.50 bits per heavy atom. The SMILES string of the molecule is NC(=O)C[N+]1(Cc2ccccc2)C(=O)C(C2=CSCC2)=C(O)c2ccccc21. The molecular weight excluding hydrogens is 372 g/mol. The topological polar surface area (TPSA) is 80.4 Å². The number of primary amides is 1. The van der Waals surface area contributed by atoms with Gasteiger partial charge in [0.15, 0.2) is 12.2 Å². The molecule has 3 N–H and O–H groups in total. The summed E-state index contributed by atoms with van der Waals surface area (Å²) in [6, 6.07) is 16.8. The minimum Gasteiger partial charge on any atom is -0.506 e. The average Bonchev–Trinajstić information content (AvgIpc) is 3.21. The number of fused-ring (bicyclic) bond motifs is 1. The fourth-order valence-electron chi connectivity index (χ4n) is 4.00. The lowest BCUT2D eigenvalue weighted by molar-refractivity contribution is -0.131. The summed E-state index contributed by atoms with van der Waals surface area (Å²) < 4.78 is -0.253. The van der Waals surface area contributed by atoms with Crippen molar-refractivity contribution in [3.05, 3.63) is 82.3 Å². The van der Waals surface area contributed by atoms with Crippen LogP contribution in [0.5, 0.6) is 0 Å².